The van der Waals surface area contributed by atoms with Crippen molar-refractivity contribution in [1.29, 1.82) is 0 Å². The zero-order valence-electron chi connectivity index (χ0n) is 26.0. The number of fused-ring (bicyclic) bond motifs is 2. The van der Waals surface area contributed by atoms with Crippen LogP contribution in [0.4, 0.5) is 34.3 Å². The normalized spacial score (nSPS) is 12.0. The first-order valence-corrected chi connectivity index (χ1v) is 14.5. The van der Waals surface area contributed by atoms with E-state index in [-0.39, 0.29) is 0 Å². The summed E-state index contributed by atoms with van der Waals surface area (Å²) in [7, 11) is 2.26. The number of nitrogens with zero attached hydrogens (tertiary/aromatic N) is 5. The lowest BCUT2D eigenvalue weighted by atomic mass is 9.79. The molecule has 2 aliphatic heterocycles. The second kappa shape index (κ2) is 16.3. The Morgan fingerprint density at radius 1 is 0.659 bits per heavy atom. The van der Waals surface area contributed by atoms with Crippen molar-refractivity contribution in [2.24, 2.45) is 0 Å². The fourth-order valence-electron chi connectivity index (χ4n) is 4.53. The fraction of sp³-hybridized carbons (Fsp3) is 0.242. The highest BCUT2D eigenvalue weighted by molar-refractivity contribution is 6.62. The zero-order valence-corrected chi connectivity index (χ0v) is 26.0. The van der Waals surface area contributed by atoms with Crippen LogP contribution in [0.3, 0.4) is 0 Å². The van der Waals surface area contributed by atoms with Crippen molar-refractivity contribution in [2.45, 2.75) is 40.9 Å². The second-order valence-electron chi connectivity index (χ2n) is 9.33. The van der Waals surface area contributed by atoms with Crippen LogP contribution >= 0.6 is 0 Å². The van der Waals surface area contributed by atoms with Gasteiger partial charge in [0.1, 0.15) is 5.82 Å². The van der Waals surface area contributed by atoms with E-state index in [0.717, 1.165) is 44.9 Å². The molecule has 6 rings (SSSR count). The number of benzene rings is 3. The Bertz CT molecular complexity index is 1480. The van der Waals surface area contributed by atoms with E-state index in [0.29, 0.717) is 24.6 Å². The van der Waals surface area contributed by atoms with Gasteiger partial charge in [0, 0.05) is 37.4 Å². The first kappa shape index (κ1) is 33.9. The third kappa shape index (κ3) is 7.84. The molecule has 44 heavy (non-hydrogen) atoms. The van der Waals surface area contributed by atoms with Crippen molar-refractivity contribution in [3.63, 3.8) is 0 Å². The summed E-state index contributed by atoms with van der Waals surface area (Å²) >= 11 is 0. The van der Waals surface area contributed by atoms with Crippen molar-refractivity contribution in [3.05, 3.63) is 113 Å². The summed E-state index contributed by atoms with van der Waals surface area (Å²) in [6.07, 6.45) is 1.55. The Labute approximate surface area is 261 Å². The van der Waals surface area contributed by atoms with Crippen molar-refractivity contribution in [2.75, 3.05) is 23.9 Å². The van der Waals surface area contributed by atoms with Gasteiger partial charge in [0.05, 0.1) is 26.4 Å². The molecule has 0 spiro atoms. The number of pyridine rings is 1. The highest BCUT2D eigenvalue weighted by Crippen LogP contribution is 2.28. The average Bonchev–Trinajstić information content (AvgIpc) is 3.67. The van der Waals surface area contributed by atoms with Crippen LogP contribution < -0.4 is 20.7 Å². The standard InChI is InChI=1S/C15H13BN2O2.C14H12BN3O2.2C2H6/c1-17-12-3-5-13(6-4-12)18(2)14-7-8-15-11(9-14)10-20-16(15)19;1-16-11-3-6-14(17-8-11)18(2)12-4-5-13-10(7-12)9-20-15(13)19;2*1-2/h3-9,19H,10H2,2H3;3-8,19H,9H2,2H3;2*1-2H3. The molecule has 0 aliphatic carbocycles. The molecule has 0 saturated heterocycles. The maximum Gasteiger partial charge on any atom is 0.491 e. The average molecular weight is 589 g/mol. The molecule has 2 aliphatic rings. The molecule has 0 atom stereocenters. The second-order valence-corrected chi connectivity index (χ2v) is 9.33. The van der Waals surface area contributed by atoms with Crippen LogP contribution in [0.2, 0.25) is 0 Å². The molecule has 0 fully saturated rings. The lowest BCUT2D eigenvalue weighted by Gasteiger charge is -2.20. The highest BCUT2D eigenvalue weighted by atomic mass is 16.5. The van der Waals surface area contributed by atoms with Crippen LogP contribution in [0.25, 0.3) is 9.69 Å². The molecule has 9 nitrogen and oxygen atoms in total. The van der Waals surface area contributed by atoms with Gasteiger partial charge in [-0.3, -0.25) is 4.98 Å². The number of anilines is 4. The van der Waals surface area contributed by atoms with Crippen molar-refractivity contribution in [3.8, 4) is 0 Å². The smallest absolute Gasteiger partial charge is 0.423 e. The molecule has 2 N–H and O–H groups in total. The van der Waals surface area contributed by atoms with Crippen LogP contribution in [0.15, 0.2) is 79.0 Å². The first-order valence-electron chi connectivity index (χ1n) is 14.5. The summed E-state index contributed by atoms with van der Waals surface area (Å²) < 4.78 is 10.4. The van der Waals surface area contributed by atoms with Crippen LogP contribution in [-0.4, -0.2) is 43.4 Å². The van der Waals surface area contributed by atoms with E-state index < -0.39 is 14.2 Å². The van der Waals surface area contributed by atoms with Gasteiger partial charge in [-0.1, -0.05) is 58.0 Å². The monoisotopic (exact) mass is 589 g/mol. The largest absolute Gasteiger partial charge is 0.491 e. The third-order valence-corrected chi connectivity index (χ3v) is 6.92. The summed E-state index contributed by atoms with van der Waals surface area (Å²) in [6.45, 7) is 22.7. The van der Waals surface area contributed by atoms with Crippen molar-refractivity contribution >= 4 is 59.4 Å². The molecular weight excluding hydrogens is 552 g/mol. The van der Waals surface area contributed by atoms with Gasteiger partial charge >= 0.3 is 14.2 Å². The van der Waals surface area contributed by atoms with Crippen molar-refractivity contribution in [1.82, 2.24) is 4.98 Å². The van der Waals surface area contributed by atoms with E-state index in [1.54, 1.807) is 24.4 Å². The number of rotatable bonds is 4. The number of aromatic nitrogens is 1. The lowest BCUT2D eigenvalue weighted by molar-refractivity contribution is 0.275. The van der Waals surface area contributed by atoms with E-state index in [9.17, 15) is 10.0 Å². The van der Waals surface area contributed by atoms with E-state index >= 15 is 0 Å². The van der Waals surface area contributed by atoms with Gasteiger partial charge in [-0.15, -0.1) is 0 Å². The molecule has 4 aromatic rings. The molecule has 0 bridgehead atoms. The molecule has 1 aromatic heterocycles. The quantitative estimate of drug-likeness (QED) is 0.227. The van der Waals surface area contributed by atoms with Gasteiger partial charge in [0.25, 0.3) is 0 Å². The van der Waals surface area contributed by atoms with Gasteiger partial charge < -0.3 is 29.2 Å². The highest BCUT2D eigenvalue weighted by Gasteiger charge is 2.28. The summed E-state index contributed by atoms with van der Waals surface area (Å²) in [5, 5.41) is 19.2. The Morgan fingerprint density at radius 3 is 1.57 bits per heavy atom. The van der Waals surface area contributed by atoms with Crippen LogP contribution in [0, 0.1) is 13.1 Å². The van der Waals surface area contributed by atoms with Gasteiger partial charge in [-0.05, 0) is 64.5 Å². The molecule has 3 heterocycles. The molecule has 0 unspecified atom stereocenters. The van der Waals surface area contributed by atoms with Crippen LogP contribution in [0.5, 0.6) is 0 Å². The van der Waals surface area contributed by atoms with Crippen LogP contribution in [0.1, 0.15) is 38.8 Å². The third-order valence-electron chi connectivity index (χ3n) is 6.92. The molecule has 0 amide bonds. The molecular formula is C33H37B2N5O4. The Kier molecular flexibility index (Phi) is 12.5. The Balaban J connectivity index is 0.000000216. The fourth-order valence-corrected chi connectivity index (χ4v) is 4.53. The first-order chi connectivity index (χ1) is 21.4. The van der Waals surface area contributed by atoms with E-state index in [1.807, 2.05) is 106 Å². The van der Waals surface area contributed by atoms with Gasteiger partial charge in [-0.2, -0.15) is 0 Å². The molecule has 0 saturated carbocycles. The summed E-state index contributed by atoms with van der Waals surface area (Å²) in [5.74, 6) is 0.761. The summed E-state index contributed by atoms with van der Waals surface area (Å²) in [6, 6.07) is 22.7. The molecule has 3 aromatic carbocycles. The van der Waals surface area contributed by atoms with Gasteiger partial charge in [0.15, 0.2) is 5.69 Å². The molecule has 11 heteroatoms. The predicted octanol–water partition coefficient (Wildman–Crippen LogP) is 5.89. The van der Waals surface area contributed by atoms with E-state index in [2.05, 4.69) is 14.7 Å². The summed E-state index contributed by atoms with van der Waals surface area (Å²) in [5.41, 5.74) is 7.81. The van der Waals surface area contributed by atoms with E-state index in [1.165, 1.54) is 0 Å². The number of hydrogen-bond acceptors (Lipinski definition) is 7. The zero-order chi connectivity index (χ0) is 32.2. The van der Waals surface area contributed by atoms with Gasteiger partial charge in [0.2, 0.25) is 5.69 Å². The van der Waals surface area contributed by atoms with E-state index in [4.69, 9.17) is 22.5 Å². The molecule has 224 valence electrons. The summed E-state index contributed by atoms with van der Waals surface area (Å²) in [4.78, 5) is 14.9. The Hall–Kier alpha value is -4.64. The minimum Gasteiger partial charge on any atom is -0.423 e. The maximum absolute atomic E-state index is 9.62. The molecule has 0 radical (unpaired) electrons. The predicted molar refractivity (Wildman–Crippen MR) is 180 cm³/mol. The Morgan fingerprint density at radius 2 is 1.11 bits per heavy atom. The van der Waals surface area contributed by atoms with Gasteiger partial charge in [-0.25, -0.2) is 9.69 Å². The maximum atomic E-state index is 9.62. The van der Waals surface area contributed by atoms with Crippen molar-refractivity contribution < 1.29 is 19.4 Å². The minimum atomic E-state index is -0.819. The van der Waals surface area contributed by atoms with Crippen LogP contribution in [-0.2, 0) is 22.5 Å². The minimum absolute atomic E-state index is 0.419. The SMILES string of the molecule is CC.CC.[C-]#[N+]c1ccc(N(C)c2ccc3c(c2)COB3O)cc1.[C-]#[N+]c1ccc(N(C)c2ccc3c(c2)COB3O)nc1. The lowest BCUT2D eigenvalue weighted by Crippen LogP contribution is -2.28. The number of hydrogen-bond donors (Lipinski definition) is 2. The topological polar surface area (TPSA) is 87.0 Å².